The lowest BCUT2D eigenvalue weighted by Crippen LogP contribution is -2.54. The number of nitrogen functional groups attached to an aromatic ring is 1. The smallest absolute Gasteiger partial charge is 0.322 e. The summed E-state index contributed by atoms with van der Waals surface area (Å²) in [7, 11) is 0. The van der Waals surface area contributed by atoms with E-state index in [0.717, 1.165) is 36.1 Å². The van der Waals surface area contributed by atoms with Gasteiger partial charge >= 0.3 is 5.97 Å². The minimum atomic E-state index is -0.867. The van der Waals surface area contributed by atoms with Crippen molar-refractivity contribution in [1.29, 1.82) is 0 Å². The first kappa shape index (κ1) is 23.0. The topological polar surface area (TPSA) is 169 Å². The van der Waals surface area contributed by atoms with E-state index in [4.69, 9.17) is 15.2 Å². The first-order valence-electron chi connectivity index (χ1n) is 12.1. The first-order chi connectivity index (χ1) is 18.0. The van der Waals surface area contributed by atoms with Crippen molar-refractivity contribution < 1.29 is 14.4 Å². The lowest BCUT2D eigenvalue weighted by Gasteiger charge is -2.39. The van der Waals surface area contributed by atoms with E-state index in [1.165, 1.54) is 0 Å². The molecule has 5 heterocycles. The van der Waals surface area contributed by atoms with Crippen LogP contribution >= 0.6 is 0 Å². The zero-order chi connectivity index (χ0) is 25.4. The Morgan fingerprint density at radius 3 is 2.51 bits per heavy atom. The van der Waals surface area contributed by atoms with Gasteiger partial charge in [0.15, 0.2) is 5.82 Å². The van der Waals surface area contributed by atoms with Gasteiger partial charge in [-0.25, -0.2) is 15.0 Å². The van der Waals surface area contributed by atoms with Gasteiger partial charge < -0.3 is 25.6 Å². The van der Waals surface area contributed by atoms with E-state index in [1.807, 2.05) is 35.4 Å². The highest BCUT2D eigenvalue weighted by Gasteiger charge is 2.45. The normalized spacial score (nSPS) is 18.8. The number of nitrogens with two attached hydrogens (primary N) is 1. The Kier molecular flexibility index (Phi) is 5.72. The van der Waals surface area contributed by atoms with Crippen molar-refractivity contribution in [3.63, 3.8) is 0 Å². The predicted octanol–water partition coefficient (Wildman–Crippen LogP) is 1.90. The van der Waals surface area contributed by atoms with E-state index in [0.29, 0.717) is 42.7 Å². The third-order valence-electron chi connectivity index (χ3n) is 7.14. The quantitative estimate of drug-likeness (QED) is 0.353. The Hall–Kier alpha value is -4.45. The SMILES string of the molecule is Nc1ncc(-c2ccc(C3(c4noc(-c5ccc(N6CCN[C@H](C(=O)O)C6)nc5)n4)CCC3)cn2)cn1. The number of nitrogens with one attached hydrogen (secondary N) is 1. The standard InChI is InChI=1S/C25H25N9O3/c26-24-30-11-16(12-31-24)18-4-3-17(13-28-18)25(6-1-7-25)23-32-21(37-33-23)15-2-5-20(29-10-15)34-9-8-27-19(14-34)22(35)36/h2-5,10-13,19,27H,1,6-9,14H2,(H,35,36)(H2,26,30,31)/t19-/m0/s1. The number of carboxylic acids is 1. The summed E-state index contributed by atoms with van der Waals surface area (Å²) >= 11 is 0. The third-order valence-corrected chi connectivity index (χ3v) is 7.14. The van der Waals surface area contributed by atoms with Gasteiger partial charge in [-0.1, -0.05) is 17.6 Å². The van der Waals surface area contributed by atoms with E-state index < -0.39 is 12.0 Å². The molecular weight excluding hydrogens is 474 g/mol. The number of pyridine rings is 2. The van der Waals surface area contributed by atoms with E-state index in [9.17, 15) is 9.90 Å². The van der Waals surface area contributed by atoms with E-state index in [1.54, 1.807) is 18.6 Å². The third kappa shape index (κ3) is 4.25. The van der Waals surface area contributed by atoms with Gasteiger partial charge in [-0.2, -0.15) is 4.98 Å². The number of hydrogen-bond donors (Lipinski definition) is 3. The molecule has 4 aromatic heterocycles. The first-order valence-corrected chi connectivity index (χ1v) is 12.1. The van der Waals surface area contributed by atoms with Crippen molar-refractivity contribution in [1.82, 2.24) is 35.4 Å². The maximum absolute atomic E-state index is 11.3. The molecule has 6 rings (SSSR count). The molecule has 1 saturated heterocycles. The number of aliphatic carboxylic acids is 1. The molecule has 0 unspecified atom stereocenters. The van der Waals surface area contributed by atoms with Crippen LogP contribution in [0.3, 0.4) is 0 Å². The van der Waals surface area contributed by atoms with Crippen LogP contribution in [0.2, 0.25) is 0 Å². The van der Waals surface area contributed by atoms with Crippen LogP contribution in [0.4, 0.5) is 11.8 Å². The van der Waals surface area contributed by atoms with Crippen molar-refractivity contribution in [2.24, 2.45) is 0 Å². The molecule has 2 aliphatic rings. The number of carboxylic acid groups (broad SMARTS) is 1. The summed E-state index contributed by atoms with van der Waals surface area (Å²) in [6, 6.07) is 7.10. The zero-order valence-corrected chi connectivity index (χ0v) is 19.9. The summed E-state index contributed by atoms with van der Waals surface area (Å²) in [5.41, 5.74) is 8.54. The van der Waals surface area contributed by atoms with Crippen LogP contribution in [0.5, 0.6) is 0 Å². The fourth-order valence-corrected chi connectivity index (χ4v) is 4.85. The summed E-state index contributed by atoms with van der Waals surface area (Å²) in [6.45, 7) is 1.62. The molecule has 1 saturated carbocycles. The molecule has 37 heavy (non-hydrogen) atoms. The van der Waals surface area contributed by atoms with Gasteiger partial charge in [-0.05, 0) is 36.6 Å². The molecular formula is C25H25N9O3. The van der Waals surface area contributed by atoms with Crippen LogP contribution in [0.15, 0.2) is 53.6 Å². The van der Waals surface area contributed by atoms with Gasteiger partial charge in [0.25, 0.3) is 5.89 Å². The molecule has 188 valence electrons. The van der Waals surface area contributed by atoms with E-state index in [-0.39, 0.29) is 11.4 Å². The van der Waals surface area contributed by atoms with Crippen LogP contribution in [0, 0.1) is 0 Å². The molecule has 1 aliphatic heterocycles. The summed E-state index contributed by atoms with van der Waals surface area (Å²) in [4.78, 5) is 35.2. The molecule has 12 heteroatoms. The highest BCUT2D eigenvalue weighted by molar-refractivity contribution is 5.74. The Balaban J connectivity index is 1.21. The minimum absolute atomic E-state index is 0.224. The number of piperazine rings is 1. The Morgan fingerprint density at radius 2 is 1.86 bits per heavy atom. The van der Waals surface area contributed by atoms with Gasteiger partial charge in [0, 0.05) is 50.0 Å². The average molecular weight is 500 g/mol. The van der Waals surface area contributed by atoms with Gasteiger partial charge in [-0.15, -0.1) is 0 Å². The predicted molar refractivity (Wildman–Crippen MR) is 133 cm³/mol. The molecule has 4 aromatic rings. The van der Waals surface area contributed by atoms with Crippen LogP contribution in [-0.4, -0.2) is 66.8 Å². The zero-order valence-electron chi connectivity index (χ0n) is 19.9. The van der Waals surface area contributed by atoms with Crippen LogP contribution in [0.1, 0.15) is 30.7 Å². The number of aromatic nitrogens is 6. The largest absolute Gasteiger partial charge is 0.480 e. The Labute approximate surface area is 212 Å². The van der Waals surface area contributed by atoms with Gasteiger partial charge in [0.05, 0.1) is 16.7 Å². The van der Waals surface area contributed by atoms with Crippen LogP contribution < -0.4 is 16.0 Å². The summed E-state index contributed by atoms with van der Waals surface area (Å²) < 4.78 is 5.64. The van der Waals surface area contributed by atoms with Crippen molar-refractivity contribution in [2.75, 3.05) is 30.3 Å². The number of nitrogens with zero attached hydrogens (tertiary/aromatic N) is 7. The van der Waals surface area contributed by atoms with Gasteiger partial charge in [0.2, 0.25) is 5.95 Å². The number of carbonyl (C=O) groups is 1. The highest BCUT2D eigenvalue weighted by atomic mass is 16.5. The van der Waals surface area contributed by atoms with Gasteiger partial charge in [0.1, 0.15) is 11.9 Å². The maximum atomic E-state index is 11.3. The second-order valence-corrected chi connectivity index (χ2v) is 9.32. The fraction of sp³-hybridized carbons (Fsp3) is 0.320. The van der Waals surface area contributed by atoms with Crippen molar-refractivity contribution in [2.45, 2.75) is 30.7 Å². The number of hydrogen-bond acceptors (Lipinski definition) is 11. The molecule has 0 bridgehead atoms. The summed E-state index contributed by atoms with van der Waals surface area (Å²) in [5.74, 6) is 1.10. The molecule has 1 atom stereocenters. The molecule has 4 N–H and O–H groups in total. The summed E-state index contributed by atoms with van der Waals surface area (Å²) in [5, 5.41) is 16.6. The van der Waals surface area contributed by atoms with Crippen molar-refractivity contribution in [3.8, 4) is 22.7 Å². The molecule has 0 amide bonds. The molecule has 12 nitrogen and oxygen atoms in total. The van der Waals surface area contributed by atoms with Crippen molar-refractivity contribution in [3.05, 3.63) is 60.4 Å². The average Bonchev–Trinajstić information content (AvgIpc) is 3.39. The monoisotopic (exact) mass is 499 g/mol. The molecule has 0 radical (unpaired) electrons. The van der Waals surface area contributed by atoms with E-state index >= 15 is 0 Å². The Morgan fingerprint density at radius 1 is 1.05 bits per heavy atom. The highest BCUT2D eigenvalue weighted by Crippen LogP contribution is 2.48. The minimum Gasteiger partial charge on any atom is -0.480 e. The molecule has 1 aliphatic carbocycles. The number of anilines is 2. The number of rotatable bonds is 6. The van der Waals surface area contributed by atoms with Crippen molar-refractivity contribution >= 4 is 17.7 Å². The molecule has 0 spiro atoms. The van der Waals surface area contributed by atoms with Crippen LogP contribution in [-0.2, 0) is 10.2 Å². The van der Waals surface area contributed by atoms with Crippen LogP contribution in [0.25, 0.3) is 22.7 Å². The Bertz CT molecular complexity index is 1400. The summed E-state index contributed by atoms with van der Waals surface area (Å²) in [6.07, 6.45) is 9.72. The molecule has 0 aromatic carbocycles. The molecule has 2 fully saturated rings. The lowest BCUT2D eigenvalue weighted by molar-refractivity contribution is -0.139. The second kappa shape index (κ2) is 9.21. The van der Waals surface area contributed by atoms with E-state index in [2.05, 4.69) is 30.4 Å². The maximum Gasteiger partial charge on any atom is 0.322 e. The second-order valence-electron chi connectivity index (χ2n) is 9.32. The van der Waals surface area contributed by atoms with Gasteiger partial charge in [-0.3, -0.25) is 9.78 Å². The fourth-order valence-electron chi connectivity index (χ4n) is 4.85. The lowest BCUT2D eigenvalue weighted by atomic mass is 9.64.